The van der Waals surface area contributed by atoms with Crippen LogP contribution in [0.25, 0.3) is 0 Å². The van der Waals surface area contributed by atoms with Crippen LogP contribution >= 0.6 is 28.1 Å². The van der Waals surface area contributed by atoms with Gasteiger partial charge in [-0.2, -0.15) is 0 Å². The molecule has 0 heterocycles. The van der Waals surface area contributed by atoms with E-state index in [1.165, 1.54) is 0 Å². The van der Waals surface area contributed by atoms with Crippen LogP contribution in [0.1, 0.15) is 5.56 Å². The molecule has 2 aromatic carbocycles. The van der Waals surface area contributed by atoms with Crippen LogP contribution in [0.3, 0.4) is 0 Å². The number of rotatable bonds is 5. The van der Waals surface area contributed by atoms with Crippen LogP contribution in [0.2, 0.25) is 0 Å². The van der Waals surface area contributed by atoms with Crippen molar-refractivity contribution in [3.63, 3.8) is 0 Å². The second kappa shape index (κ2) is 8.65. The first kappa shape index (κ1) is 18.2. The predicted octanol–water partition coefficient (Wildman–Crippen LogP) is 3.66. The van der Waals surface area contributed by atoms with E-state index < -0.39 is 0 Å². The molecule has 0 radical (unpaired) electrons. The van der Waals surface area contributed by atoms with Crippen LogP contribution < -0.4 is 20.1 Å². The second-order valence-corrected chi connectivity index (χ2v) is 6.20. The molecule has 0 unspecified atom stereocenters. The van der Waals surface area contributed by atoms with Gasteiger partial charge in [-0.3, -0.25) is 10.1 Å². The van der Waals surface area contributed by atoms with Crippen molar-refractivity contribution in [3.05, 3.63) is 52.5 Å². The van der Waals surface area contributed by atoms with E-state index in [9.17, 15) is 4.79 Å². The lowest BCUT2D eigenvalue weighted by Crippen LogP contribution is -2.37. The zero-order valence-corrected chi connectivity index (χ0v) is 15.7. The lowest BCUT2D eigenvalue weighted by atomic mass is 10.2. The van der Waals surface area contributed by atoms with Crippen LogP contribution in [0.15, 0.2) is 46.9 Å². The maximum Gasteiger partial charge on any atom is 0.264 e. The predicted molar refractivity (Wildman–Crippen MR) is 102 cm³/mol. The first-order chi connectivity index (χ1) is 11.5. The molecule has 0 atom stereocenters. The quantitative estimate of drug-likeness (QED) is 0.739. The molecule has 0 spiro atoms. The third-order valence-corrected chi connectivity index (χ3v) is 4.17. The fourth-order valence-electron chi connectivity index (χ4n) is 1.88. The number of nitrogens with one attached hydrogen (secondary N) is 2. The summed E-state index contributed by atoms with van der Waals surface area (Å²) in [5.41, 5.74) is 1.76. The van der Waals surface area contributed by atoms with Gasteiger partial charge in [-0.1, -0.05) is 22.0 Å². The highest BCUT2D eigenvalue weighted by molar-refractivity contribution is 9.10. The minimum absolute atomic E-state index is 0.124. The summed E-state index contributed by atoms with van der Waals surface area (Å²) in [7, 11) is 1.58. The van der Waals surface area contributed by atoms with Crippen molar-refractivity contribution < 1.29 is 14.3 Å². The third kappa shape index (κ3) is 5.50. The van der Waals surface area contributed by atoms with Crippen molar-refractivity contribution in [1.82, 2.24) is 5.32 Å². The lowest BCUT2D eigenvalue weighted by Gasteiger charge is -2.11. The highest BCUT2D eigenvalue weighted by atomic mass is 79.9. The molecule has 126 valence electrons. The molecule has 24 heavy (non-hydrogen) atoms. The Labute approximate surface area is 154 Å². The molecule has 0 aliphatic heterocycles. The van der Waals surface area contributed by atoms with Crippen LogP contribution in [0.4, 0.5) is 5.69 Å². The number of carbonyl (C=O) groups is 1. The summed E-state index contributed by atoms with van der Waals surface area (Å²) in [6.45, 7) is 1.82. The summed E-state index contributed by atoms with van der Waals surface area (Å²) in [5, 5.41) is 5.69. The highest BCUT2D eigenvalue weighted by Crippen LogP contribution is 2.21. The van der Waals surface area contributed by atoms with Gasteiger partial charge in [0.15, 0.2) is 11.7 Å². The molecule has 0 saturated heterocycles. The molecule has 2 aromatic rings. The van der Waals surface area contributed by atoms with Crippen LogP contribution in [0.5, 0.6) is 11.5 Å². The maximum atomic E-state index is 11.9. The number of hydrogen-bond acceptors (Lipinski definition) is 4. The van der Waals surface area contributed by atoms with Gasteiger partial charge in [0.25, 0.3) is 5.91 Å². The number of thiocarbonyl (C=S) groups is 1. The Morgan fingerprint density at radius 1 is 1.21 bits per heavy atom. The van der Waals surface area contributed by atoms with E-state index in [0.29, 0.717) is 11.5 Å². The monoisotopic (exact) mass is 408 g/mol. The third-order valence-electron chi connectivity index (χ3n) is 3.08. The Bertz CT molecular complexity index is 752. The first-order valence-electron chi connectivity index (χ1n) is 7.12. The SMILES string of the molecule is COc1cccc(NC(=S)NC(=O)COc2ccc(Br)c(C)c2)c1. The van der Waals surface area contributed by atoms with Gasteiger partial charge >= 0.3 is 0 Å². The number of carbonyl (C=O) groups excluding carboxylic acids is 1. The molecule has 5 nitrogen and oxygen atoms in total. The molecule has 0 bridgehead atoms. The van der Waals surface area contributed by atoms with Crippen LogP contribution in [-0.4, -0.2) is 24.7 Å². The van der Waals surface area contributed by atoms with Gasteiger partial charge in [-0.15, -0.1) is 0 Å². The minimum Gasteiger partial charge on any atom is -0.497 e. The maximum absolute atomic E-state index is 11.9. The Morgan fingerprint density at radius 3 is 2.71 bits per heavy atom. The number of hydrogen-bond donors (Lipinski definition) is 2. The number of amides is 1. The van der Waals surface area contributed by atoms with Gasteiger partial charge in [0.05, 0.1) is 7.11 Å². The van der Waals surface area contributed by atoms with Gasteiger partial charge < -0.3 is 14.8 Å². The number of aryl methyl sites for hydroxylation is 1. The Kier molecular flexibility index (Phi) is 6.57. The van der Waals surface area contributed by atoms with E-state index in [1.807, 2.05) is 37.3 Å². The number of benzene rings is 2. The van der Waals surface area contributed by atoms with Gasteiger partial charge in [0.1, 0.15) is 11.5 Å². The number of methoxy groups -OCH3 is 1. The van der Waals surface area contributed by atoms with E-state index in [-0.39, 0.29) is 17.6 Å². The van der Waals surface area contributed by atoms with E-state index in [1.54, 1.807) is 19.2 Å². The molecule has 0 aliphatic carbocycles. The zero-order chi connectivity index (χ0) is 17.5. The lowest BCUT2D eigenvalue weighted by molar-refractivity contribution is -0.121. The summed E-state index contributed by atoms with van der Waals surface area (Å²) in [6.07, 6.45) is 0. The Hall–Kier alpha value is -2.12. The van der Waals surface area contributed by atoms with E-state index >= 15 is 0 Å². The van der Waals surface area contributed by atoms with Crippen LogP contribution in [-0.2, 0) is 4.79 Å². The molecule has 0 aromatic heterocycles. The normalized spacial score (nSPS) is 9.96. The van der Waals surface area contributed by atoms with Crippen molar-refractivity contribution in [2.45, 2.75) is 6.92 Å². The van der Waals surface area contributed by atoms with E-state index in [0.717, 1.165) is 15.7 Å². The average molecular weight is 409 g/mol. The fraction of sp³-hybridized carbons (Fsp3) is 0.176. The Balaban J connectivity index is 1.82. The molecule has 0 aliphatic rings. The van der Waals surface area contributed by atoms with Crippen molar-refractivity contribution in [2.75, 3.05) is 19.0 Å². The first-order valence-corrected chi connectivity index (χ1v) is 8.32. The van der Waals surface area contributed by atoms with Crippen molar-refractivity contribution in [2.24, 2.45) is 0 Å². The molecular formula is C17H17BrN2O3S. The number of ether oxygens (including phenoxy) is 2. The standard InChI is InChI=1S/C17H17BrN2O3S/c1-11-8-14(6-7-15(11)18)23-10-16(21)20-17(24)19-12-4-3-5-13(9-12)22-2/h3-9H,10H2,1-2H3,(H2,19,20,21,24). The summed E-state index contributed by atoms with van der Waals surface area (Å²) in [6, 6.07) is 12.8. The van der Waals surface area contributed by atoms with Crippen LogP contribution in [0, 0.1) is 6.92 Å². The Morgan fingerprint density at radius 2 is 2.00 bits per heavy atom. The fourth-order valence-corrected chi connectivity index (χ4v) is 2.36. The van der Waals surface area contributed by atoms with Crippen molar-refractivity contribution >= 4 is 44.9 Å². The summed E-state index contributed by atoms with van der Waals surface area (Å²) in [5.74, 6) is 0.983. The zero-order valence-electron chi connectivity index (χ0n) is 13.3. The molecule has 7 heteroatoms. The molecule has 1 amide bonds. The summed E-state index contributed by atoms with van der Waals surface area (Å²) >= 11 is 8.53. The summed E-state index contributed by atoms with van der Waals surface area (Å²) < 4.78 is 11.6. The van der Waals surface area contributed by atoms with Gasteiger partial charge in [0.2, 0.25) is 0 Å². The largest absolute Gasteiger partial charge is 0.497 e. The smallest absolute Gasteiger partial charge is 0.264 e. The second-order valence-electron chi connectivity index (χ2n) is 4.93. The molecular weight excluding hydrogens is 392 g/mol. The van der Waals surface area contributed by atoms with Gasteiger partial charge in [-0.05, 0) is 55.0 Å². The molecule has 0 fully saturated rings. The highest BCUT2D eigenvalue weighted by Gasteiger charge is 2.07. The molecule has 2 rings (SSSR count). The van der Waals surface area contributed by atoms with Crippen molar-refractivity contribution in [3.8, 4) is 11.5 Å². The van der Waals surface area contributed by atoms with E-state index in [2.05, 4.69) is 26.6 Å². The number of halogens is 1. The topological polar surface area (TPSA) is 59.6 Å². The summed E-state index contributed by atoms with van der Waals surface area (Å²) in [4.78, 5) is 11.9. The molecule has 2 N–H and O–H groups in total. The van der Waals surface area contributed by atoms with Crippen molar-refractivity contribution in [1.29, 1.82) is 0 Å². The van der Waals surface area contributed by atoms with Gasteiger partial charge in [-0.25, -0.2) is 0 Å². The molecule has 0 saturated carbocycles. The van der Waals surface area contributed by atoms with Gasteiger partial charge in [0, 0.05) is 16.2 Å². The van der Waals surface area contributed by atoms with E-state index in [4.69, 9.17) is 21.7 Å². The minimum atomic E-state index is -0.337. The number of anilines is 1. The average Bonchev–Trinajstić information content (AvgIpc) is 2.56.